The van der Waals surface area contributed by atoms with Crippen LogP contribution < -0.4 is 0 Å². The zero-order valence-corrected chi connectivity index (χ0v) is 33.6. The minimum Gasteiger partial charge on any atom is -0.391 e. The molecule has 0 radical (unpaired) electrons. The van der Waals surface area contributed by atoms with Crippen molar-refractivity contribution in [2.45, 2.75) is 62.1 Å². The zero-order valence-electron chi connectivity index (χ0n) is 33.6. The molecule has 2 amide bonds. The number of aliphatic hydroxyl groups is 2. The van der Waals surface area contributed by atoms with Gasteiger partial charge in [0, 0.05) is 62.6 Å². The van der Waals surface area contributed by atoms with Crippen LogP contribution in [0.1, 0.15) is 60.0 Å². The van der Waals surface area contributed by atoms with Crippen molar-refractivity contribution in [2.24, 2.45) is 9.98 Å². The maximum atomic E-state index is 14.0. The number of carbonyl (C=O) groups excluding carboxylic acids is 2. The summed E-state index contributed by atoms with van der Waals surface area (Å²) in [6.07, 6.45) is 4.85. The van der Waals surface area contributed by atoms with Crippen molar-refractivity contribution >= 4 is 34.4 Å². The Balaban J connectivity index is 0.888. The molecule has 0 unspecified atom stereocenters. The average Bonchev–Trinajstić information content (AvgIpc) is 4.06. The quantitative estimate of drug-likeness (QED) is 0.186. The highest BCUT2D eigenvalue weighted by atomic mass is 16.3. The van der Waals surface area contributed by atoms with Crippen LogP contribution >= 0.6 is 0 Å². The number of rotatable bonds is 11. The summed E-state index contributed by atoms with van der Waals surface area (Å²) in [5, 5.41) is 21.4. The van der Waals surface area contributed by atoms with Gasteiger partial charge >= 0.3 is 0 Å². The molecule has 0 spiro atoms. The van der Waals surface area contributed by atoms with Crippen LogP contribution in [-0.2, 0) is 9.59 Å². The van der Waals surface area contributed by atoms with E-state index in [2.05, 4.69) is 48.5 Å². The number of hydrogen-bond donors (Lipinski definition) is 2. The van der Waals surface area contributed by atoms with E-state index in [0.29, 0.717) is 38.8 Å². The molecule has 6 atom stereocenters. The topological polar surface area (TPSA) is 112 Å². The average molecular weight is 777 g/mol. The summed E-state index contributed by atoms with van der Waals surface area (Å²) < 4.78 is 0. The third kappa shape index (κ3) is 7.98. The van der Waals surface area contributed by atoms with Crippen LogP contribution in [0.15, 0.2) is 132 Å². The Kier molecular flexibility index (Phi) is 11.4. The fourth-order valence-electron chi connectivity index (χ4n) is 9.06. The first-order valence-electron chi connectivity index (χ1n) is 20.2. The van der Waals surface area contributed by atoms with Gasteiger partial charge in [-0.1, -0.05) is 109 Å². The number of carbonyl (C=O) groups is 2. The summed E-state index contributed by atoms with van der Waals surface area (Å²) in [5.41, 5.74) is 10.2. The molecular formula is C48H52N6O4. The van der Waals surface area contributed by atoms with Gasteiger partial charge in [-0.3, -0.25) is 29.4 Å². The number of likely N-dealkylation sites (N-methyl/N-ethyl adjacent to an activating group) is 2. The van der Waals surface area contributed by atoms with Crippen LogP contribution in [0, 0.1) is 0 Å². The minimum atomic E-state index is -0.590. The van der Waals surface area contributed by atoms with Gasteiger partial charge in [0.25, 0.3) is 0 Å². The Morgan fingerprint density at radius 1 is 0.552 bits per heavy atom. The predicted molar refractivity (Wildman–Crippen MR) is 230 cm³/mol. The van der Waals surface area contributed by atoms with Gasteiger partial charge in [0.15, 0.2) is 0 Å². The molecule has 0 bridgehead atoms. The largest absolute Gasteiger partial charge is 0.391 e. The van der Waals surface area contributed by atoms with E-state index in [9.17, 15) is 19.8 Å². The van der Waals surface area contributed by atoms with Gasteiger partial charge in [-0.2, -0.15) is 0 Å². The lowest BCUT2D eigenvalue weighted by atomic mass is 9.94. The van der Waals surface area contributed by atoms with Crippen molar-refractivity contribution in [3.8, 4) is 11.1 Å². The van der Waals surface area contributed by atoms with Gasteiger partial charge in [0.1, 0.15) is 12.1 Å². The summed E-state index contributed by atoms with van der Waals surface area (Å²) in [4.78, 5) is 45.1. The second-order valence-electron chi connectivity index (χ2n) is 16.4. The second-order valence-corrected chi connectivity index (χ2v) is 16.4. The van der Waals surface area contributed by atoms with E-state index in [1.807, 2.05) is 121 Å². The molecule has 4 aliphatic rings. The van der Waals surface area contributed by atoms with E-state index in [-0.39, 0.29) is 23.9 Å². The SMILES string of the molecule is CN(C)[C@@H](C(=O)N1C[C@@H](O)C[C@H]1C1=NC=C(c2ccc(-c3ccc(C4=CN=C([C@@H]5C[C@H](O)CN5C(=O)[C@@H](c5ccccc5)N(C)C)C4)cc3)cc2)C1)c1ccccc1. The van der Waals surface area contributed by atoms with Gasteiger partial charge < -0.3 is 20.0 Å². The lowest BCUT2D eigenvalue weighted by Gasteiger charge is -2.32. The lowest BCUT2D eigenvalue weighted by molar-refractivity contribution is -0.137. The first-order valence-corrected chi connectivity index (χ1v) is 20.2. The standard InChI is InChI=1S/C48H52N6O4/c1-51(2)45(35-11-7-5-8-12-35)47(57)53-29-39(55)25-43(53)41-23-37(27-49-41)33-19-15-31(16-20-33)32-17-21-34(22-18-32)38-24-42(50-28-38)44-26-40(56)30-54(44)48(58)46(52(3)4)36-13-9-6-10-14-36/h5-22,27-28,39-40,43-46,55-56H,23-26,29-30H2,1-4H3/t39-,40-,43-,44-,45+,46+/m0/s1. The molecule has 4 aliphatic heterocycles. The van der Waals surface area contributed by atoms with Crippen molar-refractivity contribution in [3.05, 3.63) is 144 Å². The molecule has 2 saturated heterocycles. The minimum absolute atomic E-state index is 0.0221. The zero-order chi connectivity index (χ0) is 40.5. The normalized spacial score (nSPS) is 22.9. The summed E-state index contributed by atoms with van der Waals surface area (Å²) in [7, 11) is 7.65. The highest BCUT2D eigenvalue weighted by molar-refractivity contribution is 6.05. The number of amides is 2. The van der Waals surface area contributed by atoms with Crippen molar-refractivity contribution in [2.75, 3.05) is 41.3 Å². The molecule has 4 heterocycles. The van der Waals surface area contributed by atoms with E-state index in [4.69, 9.17) is 9.98 Å². The second kappa shape index (κ2) is 16.8. The van der Waals surface area contributed by atoms with Gasteiger partial charge in [-0.15, -0.1) is 0 Å². The molecule has 298 valence electrons. The number of nitrogens with zero attached hydrogens (tertiary/aromatic N) is 6. The molecule has 4 aromatic rings. The van der Waals surface area contributed by atoms with E-state index in [0.717, 1.165) is 56.0 Å². The molecule has 58 heavy (non-hydrogen) atoms. The molecule has 0 saturated carbocycles. The van der Waals surface area contributed by atoms with Crippen molar-refractivity contribution < 1.29 is 19.8 Å². The van der Waals surface area contributed by atoms with Crippen LogP contribution in [0.3, 0.4) is 0 Å². The Morgan fingerprint density at radius 2 is 0.897 bits per heavy atom. The Bertz CT molecular complexity index is 2090. The number of aliphatic hydroxyl groups excluding tert-OH is 2. The maximum absolute atomic E-state index is 14.0. The Morgan fingerprint density at radius 3 is 1.24 bits per heavy atom. The number of hydrogen-bond acceptors (Lipinski definition) is 8. The molecule has 10 nitrogen and oxygen atoms in total. The maximum Gasteiger partial charge on any atom is 0.245 e. The number of allylic oxidation sites excluding steroid dienone is 2. The van der Waals surface area contributed by atoms with E-state index in [1.54, 1.807) is 0 Å². The van der Waals surface area contributed by atoms with Crippen LogP contribution in [-0.4, -0.2) is 119 Å². The van der Waals surface area contributed by atoms with Gasteiger partial charge in [0.05, 0.1) is 24.3 Å². The molecule has 2 fully saturated rings. The van der Waals surface area contributed by atoms with Gasteiger partial charge in [-0.25, -0.2) is 0 Å². The Hall–Kier alpha value is -5.52. The van der Waals surface area contributed by atoms with Crippen molar-refractivity contribution in [1.29, 1.82) is 0 Å². The first kappa shape index (κ1) is 39.3. The molecule has 0 aromatic heterocycles. The highest BCUT2D eigenvalue weighted by Gasteiger charge is 2.43. The van der Waals surface area contributed by atoms with Gasteiger partial charge in [-0.05, 0) is 72.7 Å². The molecule has 10 heteroatoms. The van der Waals surface area contributed by atoms with E-state index < -0.39 is 24.3 Å². The van der Waals surface area contributed by atoms with Crippen LogP contribution in [0.2, 0.25) is 0 Å². The third-order valence-electron chi connectivity index (χ3n) is 12.0. The van der Waals surface area contributed by atoms with Crippen LogP contribution in [0.4, 0.5) is 0 Å². The summed E-state index contributed by atoms with van der Waals surface area (Å²) >= 11 is 0. The van der Waals surface area contributed by atoms with E-state index >= 15 is 0 Å². The highest BCUT2D eigenvalue weighted by Crippen LogP contribution is 2.36. The summed E-state index contributed by atoms with van der Waals surface area (Å²) in [6, 6.07) is 35.2. The molecule has 8 rings (SSSR count). The lowest BCUT2D eigenvalue weighted by Crippen LogP contribution is -2.46. The van der Waals surface area contributed by atoms with Crippen molar-refractivity contribution in [1.82, 2.24) is 19.6 Å². The fraction of sp³-hybridized carbons (Fsp3) is 0.333. The summed E-state index contributed by atoms with van der Waals surface area (Å²) in [6.45, 7) is 0.593. The number of benzene rings is 4. The molecule has 0 aliphatic carbocycles. The molecule has 4 aromatic carbocycles. The summed E-state index contributed by atoms with van der Waals surface area (Å²) in [5.74, 6) is -0.0443. The van der Waals surface area contributed by atoms with Crippen LogP contribution in [0.5, 0.6) is 0 Å². The third-order valence-corrected chi connectivity index (χ3v) is 12.0. The van der Waals surface area contributed by atoms with Gasteiger partial charge in [0.2, 0.25) is 11.8 Å². The van der Waals surface area contributed by atoms with Crippen molar-refractivity contribution in [3.63, 3.8) is 0 Å². The number of aliphatic imine (C=N–C) groups is 2. The van der Waals surface area contributed by atoms with Crippen LogP contribution in [0.25, 0.3) is 22.3 Å². The smallest absolute Gasteiger partial charge is 0.245 e. The molecule has 2 N–H and O–H groups in total. The molecular weight excluding hydrogens is 725 g/mol. The predicted octanol–water partition coefficient (Wildman–Crippen LogP) is 6.25. The number of likely N-dealkylation sites (tertiary alicyclic amines) is 2. The monoisotopic (exact) mass is 776 g/mol. The fourth-order valence-corrected chi connectivity index (χ4v) is 9.06. The number of β-amino-alcohol motifs (C(OH)–C–C–N with tert-alkyl or cyclic N) is 2. The first-order chi connectivity index (χ1) is 28.0. The van der Waals surface area contributed by atoms with E-state index in [1.165, 1.54) is 0 Å². The Labute approximate surface area is 341 Å².